The van der Waals surface area contributed by atoms with Gasteiger partial charge in [0.1, 0.15) is 0 Å². The van der Waals surface area contributed by atoms with E-state index in [1.165, 1.54) is 25.7 Å². The maximum absolute atomic E-state index is 11.7. The maximum Gasteiger partial charge on any atom is 0.314 e. The highest BCUT2D eigenvalue weighted by atomic mass is 16.2. The number of hydrogen-bond donors (Lipinski definition) is 2. The lowest BCUT2D eigenvalue weighted by atomic mass is 10.2. The third-order valence-corrected chi connectivity index (χ3v) is 4.34. The van der Waals surface area contributed by atoms with Crippen LogP contribution in [0, 0.1) is 0 Å². The van der Waals surface area contributed by atoms with Crippen molar-refractivity contribution in [1.82, 2.24) is 20.4 Å². The molecule has 2 atom stereocenters. The van der Waals surface area contributed by atoms with Crippen molar-refractivity contribution in [2.24, 2.45) is 0 Å². The number of amides is 2. The lowest BCUT2D eigenvalue weighted by Gasteiger charge is -2.22. The summed E-state index contributed by atoms with van der Waals surface area (Å²) in [5.74, 6) is 0. The number of urea groups is 1. The molecule has 0 aromatic carbocycles. The molecular weight excluding hydrogens is 228 g/mol. The number of likely N-dealkylation sites (N-methyl/N-ethyl adjacent to an activating group) is 2. The van der Waals surface area contributed by atoms with Gasteiger partial charge in [0.05, 0.1) is 0 Å². The molecule has 0 bridgehead atoms. The smallest absolute Gasteiger partial charge is 0.314 e. The van der Waals surface area contributed by atoms with Crippen LogP contribution in [0.25, 0.3) is 0 Å². The number of likely N-dealkylation sites (tertiary alicyclic amines) is 2. The topological polar surface area (TPSA) is 47.6 Å². The Balaban J connectivity index is 1.60. The van der Waals surface area contributed by atoms with Gasteiger partial charge in [0.15, 0.2) is 0 Å². The van der Waals surface area contributed by atoms with Crippen molar-refractivity contribution in [2.75, 3.05) is 40.3 Å². The van der Waals surface area contributed by atoms with Gasteiger partial charge >= 0.3 is 6.03 Å². The van der Waals surface area contributed by atoms with E-state index < -0.39 is 0 Å². The van der Waals surface area contributed by atoms with Gasteiger partial charge in [-0.15, -0.1) is 0 Å². The van der Waals surface area contributed by atoms with E-state index in [1.54, 1.807) is 0 Å². The second-order valence-corrected chi connectivity index (χ2v) is 5.64. The number of hydrogen-bond acceptors (Lipinski definition) is 3. The van der Waals surface area contributed by atoms with Crippen LogP contribution in [-0.4, -0.2) is 68.2 Å². The van der Waals surface area contributed by atoms with E-state index in [1.807, 2.05) is 0 Å². The molecular formula is C13H26N4O. The van der Waals surface area contributed by atoms with Gasteiger partial charge in [-0.25, -0.2) is 4.79 Å². The Morgan fingerprint density at radius 1 is 1.00 bits per heavy atom. The lowest BCUT2D eigenvalue weighted by molar-refractivity contribution is 0.229. The molecule has 0 spiro atoms. The molecule has 2 aliphatic rings. The highest BCUT2D eigenvalue weighted by Crippen LogP contribution is 2.14. The quantitative estimate of drug-likeness (QED) is 0.767. The summed E-state index contributed by atoms with van der Waals surface area (Å²) in [6.45, 7) is 3.84. The van der Waals surface area contributed by atoms with Crippen molar-refractivity contribution >= 4 is 6.03 Å². The Labute approximate surface area is 110 Å². The molecule has 104 valence electrons. The van der Waals surface area contributed by atoms with Gasteiger partial charge in [0.2, 0.25) is 0 Å². The molecule has 2 heterocycles. The molecule has 2 aliphatic heterocycles. The normalized spacial score (nSPS) is 29.7. The van der Waals surface area contributed by atoms with E-state index >= 15 is 0 Å². The number of carbonyl (C=O) groups is 1. The van der Waals surface area contributed by atoms with Crippen LogP contribution in [0.1, 0.15) is 25.7 Å². The van der Waals surface area contributed by atoms with Gasteiger partial charge in [-0.1, -0.05) is 0 Å². The van der Waals surface area contributed by atoms with E-state index in [0.29, 0.717) is 12.1 Å². The summed E-state index contributed by atoms with van der Waals surface area (Å²) in [7, 11) is 4.26. The van der Waals surface area contributed by atoms with Crippen molar-refractivity contribution in [3.05, 3.63) is 0 Å². The third kappa shape index (κ3) is 3.59. The second kappa shape index (κ2) is 6.38. The van der Waals surface area contributed by atoms with Crippen LogP contribution in [0.5, 0.6) is 0 Å². The Morgan fingerprint density at radius 2 is 1.44 bits per heavy atom. The first-order valence-electron chi connectivity index (χ1n) is 7.09. The number of nitrogens with one attached hydrogen (secondary N) is 2. The predicted octanol–water partition coefficient (Wildman–Crippen LogP) is 0.474. The molecule has 5 heteroatoms. The summed E-state index contributed by atoms with van der Waals surface area (Å²) in [4.78, 5) is 16.4. The lowest BCUT2D eigenvalue weighted by Crippen LogP contribution is -2.46. The zero-order valence-electron chi connectivity index (χ0n) is 11.6. The summed E-state index contributed by atoms with van der Waals surface area (Å²) < 4.78 is 0. The summed E-state index contributed by atoms with van der Waals surface area (Å²) >= 11 is 0. The SMILES string of the molecule is CN1CCCC1CNC(=O)NCC1CCCN1C. The Bertz CT molecular complexity index is 258. The molecule has 2 fully saturated rings. The zero-order valence-corrected chi connectivity index (χ0v) is 11.6. The first-order chi connectivity index (χ1) is 8.66. The van der Waals surface area contributed by atoms with Crippen LogP contribution < -0.4 is 10.6 Å². The fourth-order valence-corrected chi connectivity index (χ4v) is 2.96. The van der Waals surface area contributed by atoms with Gasteiger partial charge in [-0.2, -0.15) is 0 Å². The minimum absolute atomic E-state index is 0.0180. The van der Waals surface area contributed by atoms with E-state index in [-0.39, 0.29) is 6.03 Å². The fourth-order valence-electron chi connectivity index (χ4n) is 2.96. The maximum atomic E-state index is 11.7. The van der Waals surface area contributed by atoms with Gasteiger partial charge in [0, 0.05) is 25.2 Å². The number of rotatable bonds is 4. The Morgan fingerprint density at radius 3 is 1.78 bits per heavy atom. The summed E-state index contributed by atoms with van der Waals surface area (Å²) in [6, 6.07) is 1.02. The van der Waals surface area contributed by atoms with Crippen LogP contribution in [0.15, 0.2) is 0 Å². The second-order valence-electron chi connectivity index (χ2n) is 5.64. The average Bonchev–Trinajstić information content (AvgIpc) is 2.93. The first-order valence-corrected chi connectivity index (χ1v) is 7.09. The van der Waals surface area contributed by atoms with E-state index in [2.05, 4.69) is 34.5 Å². The van der Waals surface area contributed by atoms with Crippen molar-refractivity contribution in [3.8, 4) is 0 Å². The molecule has 0 saturated carbocycles. The molecule has 2 N–H and O–H groups in total. The number of nitrogens with zero attached hydrogens (tertiary/aromatic N) is 2. The Hall–Kier alpha value is -0.810. The van der Waals surface area contributed by atoms with Crippen LogP contribution in [0.3, 0.4) is 0 Å². The molecule has 0 aromatic rings. The monoisotopic (exact) mass is 254 g/mol. The van der Waals surface area contributed by atoms with Crippen molar-refractivity contribution in [1.29, 1.82) is 0 Å². The average molecular weight is 254 g/mol. The van der Waals surface area contributed by atoms with Crippen LogP contribution in [0.4, 0.5) is 4.79 Å². The largest absolute Gasteiger partial charge is 0.337 e. The van der Waals surface area contributed by atoms with E-state index in [9.17, 15) is 4.79 Å². The van der Waals surface area contributed by atoms with E-state index in [0.717, 1.165) is 26.2 Å². The van der Waals surface area contributed by atoms with Gasteiger partial charge in [-0.05, 0) is 52.9 Å². The molecule has 2 saturated heterocycles. The molecule has 2 amide bonds. The zero-order chi connectivity index (χ0) is 13.0. The number of carbonyl (C=O) groups excluding carboxylic acids is 1. The van der Waals surface area contributed by atoms with Crippen LogP contribution in [-0.2, 0) is 0 Å². The highest BCUT2D eigenvalue weighted by Gasteiger charge is 2.23. The Kier molecular flexibility index (Phi) is 4.83. The standard InChI is InChI=1S/C13H26N4O/c1-16-7-3-5-11(16)9-14-13(18)15-10-12-6-4-8-17(12)2/h11-12H,3-10H2,1-2H3,(H2,14,15,18). The van der Waals surface area contributed by atoms with Crippen LogP contribution >= 0.6 is 0 Å². The highest BCUT2D eigenvalue weighted by molar-refractivity contribution is 5.73. The van der Waals surface area contributed by atoms with Crippen LogP contribution in [0.2, 0.25) is 0 Å². The minimum atomic E-state index is -0.0180. The molecule has 0 aliphatic carbocycles. The van der Waals surface area contributed by atoms with Gasteiger partial charge in [-0.3, -0.25) is 0 Å². The molecule has 5 nitrogen and oxygen atoms in total. The van der Waals surface area contributed by atoms with Crippen molar-refractivity contribution in [3.63, 3.8) is 0 Å². The molecule has 0 radical (unpaired) electrons. The van der Waals surface area contributed by atoms with Gasteiger partial charge in [0.25, 0.3) is 0 Å². The minimum Gasteiger partial charge on any atom is -0.337 e. The third-order valence-electron chi connectivity index (χ3n) is 4.34. The molecule has 18 heavy (non-hydrogen) atoms. The fraction of sp³-hybridized carbons (Fsp3) is 0.923. The summed E-state index contributed by atoms with van der Waals surface area (Å²) in [6.07, 6.45) is 4.89. The molecule has 2 unspecified atom stereocenters. The summed E-state index contributed by atoms with van der Waals surface area (Å²) in [5, 5.41) is 5.97. The first kappa shape index (κ1) is 13.6. The van der Waals surface area contributed by atoms with E-state index in [4.69, 9.17) is 0 Å². The predicted molar refractivity (Wildman–Crippen MR) is 72.7 cm³/mol. The molecule has 0 aromatic heterocycles. The molecule has 2 rings (SSSR count). The summed E-state index contributed by atoms with van der Waals surface area (Å²) in [5.41, 5.74) is 0. The van der Waals surface area contributed by atoms with Gasteiger partial charge < -0.3 is 20.4 Å². The van der Waals surface area contributed by atoms with Crippen molar-refractivity contribution < 1.29 is 4.79 Å². The van der Waals surface area contributed by atoms with Crippen molar-refractivity contribution in [2.45, 2.75) is 37.8 Å².